The Kier molecular flexibility index (Phi) is 5.48. The summed E-state index contributed by atoms with van der Waals surface area (Å²) in [6, 6.07) is 17.9. The molecule has 0 saturated heterocycles. The topological polar surface area (TPSA) is 71.8 Å². The molecule has 2 N–H and O–H groups in total. The molecular weight excluding hydrogens is 374 g/mol. The van der Waals surface area contributed by atoms with Crippen LogP contribution in [0.1, 0.15) is 16.7 Å². The van der Waals surface area contributed by atoms with E-state index in [-0.39, 0.29) is 6.03 Å². The van der Waals surface area contributed by atoms with Crippen LogP contribution in [0.25, 0.3) is 22.6 Å². The highest BCUT2D eigenvalue weighted by atomic mass is 16.2. The van der Waals surface area contributed by atoms with E-state index in [4.69, 9.17) is 4.98 Å². The maximum atomic E-state index is 12.4. The van der Waals surface area contributed by atoms with E-state index in [1.807, 2.05) is 38.1 Å². The van der Waals surface area contributed by atoms with Gasteiger partial charge in [-0.2, -0.15) is 0 Å². The predicted octanol–water partition coefficient (Wildman–Crippen LogP) is 4.85. The Bertz CT molecular complexity index is 1170. The maximum Gasteiger partial charge on any atom is 0.319 e. The fourth-order valence-corrected chi connectivity index (χ4v) is 3.60. The van der Waals surface area contributed by atoms with Crippen molar-refractivity contribution in [2.45, 2.75) is 27.3 Å². The van der Waals surface area contributed by atoms with Crippen LogP contribution in [0.15, 0.2) is 60.8 Å². The Labute approximate surface area is 176 Å². The number of amides is 2. The summed E-state index contributed by atoms with van der Waals surface area (Å²) in [6.07, 6.45) is 1.76. The summed E-state index contributed by atoms with van der Waals surface area (Å²) in [7, 11) is 0. The summed E-state index contributed by atoms with van der Waals surface area (Å²) in [4.78, 5) is 21.6. The molecule has 4 aromatic rings. The minimum absolute atomic E-state index is 0.228. The largest absolute Gasteiger partial charge is 0.336 e. The number of carbonyl (C=O) groups is 1. The number of fused-ring (bicyclic) bond motifs is 1. The van der Waals surface area contributed by atoms with Crippen molar-refractivity contribution in [1.29, 1.82) is 0 Å². The zero-order valence-electron chi connectivity index (χ0n) is 17.4. The van der Waals surface area contributed by atoms with Gasteiger partial charge in [0.1, 0.15) is 11.3 Å². The van der Waals surface area contributed by atoms with Crippen LogP contribution in [0, 0.1) is 20.8 Å². The number of pyridine rings is 1. The minimum atomic E-state index is -0.228. The van der Waals surface area contributed by atoms with Crippen molar-refractivity contribution in [1.82, 2.24) is 19.9 Å². The highest BCUT2D eigenvalue weighted by molar-refractivity contribution is 5.89. The van der Waals surface area contributed by atoms with Crippen LogP contribution >= 0.6 is 0 Å². The molecule has 0 radical (unpaired) electrons. The lowest BCUT2D eigenvalue weighted by atomic mass is 10.1. The van der Waals surface area contributed by atoms with Gasteiger partial charge in [0, 0.05) is 30.5 Å². The lowest BCUT2D eigenvalue weighted by molar-refractivity contribution is 0.251. The Hall–Kier alpha value is -3.67. The fourth-order valence-electron chi connectivity index (χ4n) is 3.60. The SMILES string of the molecule is Cc1ccc(-c2nc3cccnc3n2CCNC(=O)Nc2cc(C)cc(C)c2)cc1. The molecule has 6 nitrogen and oxygen atoms in total. The van der Waals surface area contributed by atoms with Gasteiger partial charge in [0.2, 0.25) is 0 Å². The van der Waals surface area contributed by atoms with E-state index in [0.29, 0.717) is 13.1 Å². The molecule has 0 atom stereocenters. The average Bonchev–Trinajstić information content (AvgIpc) is 3.06. The summed E-state index contributed by atoms with van der Waals surface area (Å²) in [5.41, 5.74) is 6.90. The monoisotopic (exact) mass is 399 g/mol. The van der Waals surface area contributed by atoms with Crippen LogP contribution in [-0.4, -0.2) is 27.1 Å². The van der Waals surface area contributed by atoms with Gasteiger partial charge in [-0.25, -0.2) is 14.8 Å². The first-order valence-corrected chi connectivity index (χ1v) is 10.0. The van der Waals surface area contributed by atoms with E-state index in [2.05, 4.69) is 57.4 Å². The number of hydrogen-bond acceptors (Lipinski definition) is 3. The number of nitrogens with zero attached hydrogens (tertiary/aromatic N) is 3. The Morgan fingerprint density at radius 3 is 2.43 bits per heavy atom. The fraction of sp³-hybridized carbons (Fsp3) is 0.208. The Morgan fingerprint density at radius 1 is 0.967 bits per heavy atom. The van der Waals surface area contributed by atoms with Crippen LogP contribution in [0.4, 0.5) is 10.5 Å². The predicted molar refractivity (Wildman–Crippen MR) is 121 cm³/mol. The molecule has 30 heavy (non-hydrogen) atoms. The minimum Gasteiger partial charge on any atom is -0.336 e. The number of benzene rings is 2. The second-order valence-electron chi connectivity index (χ2n) is 7.56. The van der Waals surface area contributed by atoms with Gasteiger partial charge in [0.15, 0.2) is 5.65 Å². The van der Waals surface area contributed by atoms with Crippen molar-refractivity contribution in [2.24, 2.45) is 0 Å². The second-order valence-corrected chi connectivity index (χ2v) is 7.56. The Morgan fingerprint density at radius 2 is 1.70 bits per heavy atom. The van der Waals surface area contributed by atoms with E-state index in [1.54, 1.807) is 6.20 Å². The molecule has 2 amide bonds. The lowest BCUT2D eigenvalue weighted by Crippen LogP contribution is -2.31. The van der Waals surface area contributed by atoms with Crippen LogP contribution in [0.2, 0.25) is 0 Å². The van der Waals surface area contributed by atoms with E-state index >= 15 is 0 Å². The molecule has 4 rings (SSSR count). The first-order chi connectivity index (χ1) is 14.5. The maximum absolute atomic E-state index is 12.4. The molecule has 0 saturated carbocycles. The van der Waals surface area contributed by atoms with Gasteiger partial charge in [-0.3, -0.25) is 0 Å². The van der Waals surface area contributed by atoms with Crippen molar-refractivity contribution >= 4 is 22.9 Å². The molecule has 2 heterocycles. The third-order valence-corrected chi connectivity index (χ3v) is 4.91. The summed E-state index contributed by atoms with van der Waals surface area (Å²) >= 11 is 0. The molecule has 0 aliphatic heterocycles. The molecular formula is C24H25N5O. The Balaban J connectivity index is 1.50. The van der Waals surface area contributed by atoms with E-state index in [9.17, 15) is 4.79 Å². The van der Waals surface area contributed by atoms with Gasteiger partial charge in [-0.15, -0.1) is 0 Å². The summed E-state index contributed by atoms with van der Waals surface area (Å²) in [5.74, 6) is 0.847. The molecule has 2 aromatic carbocycles. The first-order valence-electron chi connectivity index (χ1n) is 10.0. The van der Waals surface area contributed by atoms with Crippen LogP contribution in [0.5, 0.6) is 0 Å². The quantitative estimate of drug-likeness (QED) is 0.504. The standard InChI is InChI=1S/C24H25N5O/c1-16-6-8-19(9-7-16)22-28-21-5-4-10-25-23(21)29(22)12-11-26-24(30)27-20-14-17(2)13-18(3)15-20/h4-10,13-15H,11-12H2,1-3H3,(H2,26,27,30). The third kappa shape index (κ3) is 4.33. The molecule has 0 aliphatic rings. The highest BCUT2D eigenvalue weighted by Crippen LogP contribution is 2.23. The molecule has 0 unspecified atom stereocenters. The smallest absolute Gasteiger partial charge is 0.319 e. The molecule has 0 fully saturated rings. The van der Waals surface area contributed by atoms with Gasteiger partial charge in [0.05, 0.1) is 0 Å². The van der Waals surface area contributed by atoms with Gasteiger partial charge in [0.25, 0.3) is 0 Å². The second kappa shape index (κ2) is 8.37. The number of rotatable bonds is 5. The number of aromatic nitrogens is 3. The van der Waals surface area contributed by atoms with E-state index in [1.165, 1.54) is 5.56 Å². The van der Waals surface area contributed by atoms with Crippen LogP contribution < -0.4 is 10.6 Å². The van der Waals surface area contributed by atoms with Gasteiger partial charge in [-0.05, 0) is 56.2 Å². The lowest BCUT2D eigenvalue weighted by Gasteiger charge is -2.12. The van der Waals surface area contributed by atoms with E-state index < -0.39 is 0 Å². The number of hydrogen-bond donors (Lipinski definition) is 2. The molecule has 0 bridgehead atoms. The number of anilines is 1. The van der Waals surface area contributed by atoms with Crippen LogP contribution in [-0.2, 0) is 6.54 Å². The van der Waals surface area contributed by atoms with Gasteiger partial charge in [-0.1, -0.05) is 35.9 Å². The first kappa shape index (κ1) is 19.6. The number of urea groups is 1. The summed E-state index contributed by atoms with van der Waals surface area (Å²) in [5, 5.41) is 5.84. The molecule has 0 spiro atoms. The number of carbonyl (C=O) groups excluding carboxylic acids is 1. The number of nitrogens with one attached hydrogen (secondary N) is 2. The zero-order valence-corrected chi connectivity index (χ0v) is 17.4. The van der Waals surface area contributed by atoms with Crippen molar-refractivity contribution in [3.05, 3.63) is 77.5 Å². The molecule has 6 heteroatoms. The highest BCUT2D eigenvalue weighted by Gasteiger charge is 2.13. The van der Waals surface area contributed by atoms with Gasteiger partial charge < -0.3 is 15.2 Å². The number of imidazole rings is 1. The molecule has 0 aliphatic carbocycles. The molecule has 152 valence electrons. The summed E-state index contributed by atoms with van der Waals surface area (Å²) in [6.45, 7) is 7.11. The average molecular weight is 399 g/mol. The van der Waals surface area contributed by atoms with Crippen molar-refractivity contribution < 1.29 is 4.79 Å². The normalized spacial score (nSPS) is 10.9. The third-order valence-electron chi connectivity index (χ3n) is 4.91. The summed E-state index contributed by atoms with van der Waals surface area (Å²) < 4.78 is 2.05. The number of aryl methyl sites for hydroxylation is 3. The van der Waals surface area contributed by atoms with Gasteiger partial charge >= 0.3 is 6.03 Å². The van der Waals surface area contributed by atoms with Crippen molar-refractivity contribution in [3.8, 4) is 11.4 Å². The molecule has 2 aromatic heterocycles. The van der Waals surface area contributed by atoms with Crippen molar-refractivity contribution in [2.75, 3.05) is 11.9 Å². The zero-order chi connectivity index (χ0) is 21.1. The van der Waals surface area contributed by atoms with Crippen LogP contribution in [0.3, 0.4) is 0 Å². The van der Waals surface area contributed by atoms with E-state index in [0.717, 1.165) is 39.4 Å². The van der Waals surface area contributed by atoms with Crippen molar-refractivity contribution in [3.63, 3.8) is 0 Å².